The fourth-order valence-electron chi connectivity index (χ4n) is 1.75. The van der Waals surface area contributed by atoms with E-state index in [1.807, 2.05) is 0 Å². The molecule has 4 N–H and O–H groups in total. The number of para-hydroxylation sites is 1. The first-order chi connectivity index (χ1) is 9.49. The van der Waals surface area contributed by atoms with Gasteiger partial charge in [-0.05, 0) is 30.3 Å². The second-order valence-corrected chi connectivity index (χ2v) is 5.62. The molecule has 0 aliphatic carbocycles. The Labute approximate surface area is 118 Å². The van der Waals surface area contributed by atoms with Crippen LogP contribution in [0.1, 0.15) is 15.9 Å². The molecular formula is C14H13FN2O2S. The van der Waals surface area contributed by atoms with E-state index in [-0.39, 0.29) is 16.9 Å². The van der Waals surface area contributed by atoms with Crippen LogP contribution in [0.15, 0.2) is 47.4 Å². The summed E-state index contributed by atoms with van der Waals surface area (Å²) in [5.41, 5.74) is 11.6. The predicted molar refractivity (Wildman–Crippen MR) is 75.9 cm³/mol. The molecule has 2 rings (SSSR count). The lowest BCUT2D eigenvalue weighted by atomic mass is 10.1. The fraction of sp³-hybridized carbons (Fsp3) is 0.0714. The monoisotopic (exact) mass is 292 g/mol. The number of benzene rings is 2. The Hall–Kier alpha value is -2.21. The van der Waals surface area contributed by atoms with Crippen molar-refractivity contribution in [3.63, 3.8) is 0 Å². The van der Waals surface area contributed by atoms with Gasteiger partial charge in [-0.3, -0.25) is 9.00 Å². The average molecular weight is 292 g/mol. The number of primary amides is 1. The van der Waals surface area contributed by atoms with Crippen LogP contribution in [0.3, 0.4) is 0 Å². The van der Waals surface area contributed by atoms with Crippen molar-refractivity contribution in [1.29, 1.82) is 0 Å². The van der Waals surface area contributed by atoms with Crippen molar-refractivity contribution in [2.75, 3.05) is 5.73 Å². The second kappa shape index (κ2) is 5.83. The number of anilines is 1. The van der Waals surface area contributed by atoms with E-state index in [0.717, 1.165) is 6.07 Å². The minimum atomic E-state index is -1.49. The maximum atomic E-state index is 13.7. The Morgan fingerprint density at radius 3 is 2.55 bits per heavy atom. The maximum absolute atomic E-state index is 13.7. The van der Waals surface area contributed by atoms with Gasteiger partial charge >= 0.3 is 0 Å². The van der Waals surface area contributed by atoms with E-state index in [1.165, 1.54) is 12.1 Å². The lowest BCUT2D eigenvalue weighted by molar-refractivity contribution is 0.1000. The van der Waals surface area contributed by atoms with Gasteiger partial charge in [-0.2, -0.15) is 0 Å². The highest BCUT2D eigenvalue weighted by molar-refractivity contribution is 7.84. The smallest absolute Gasteiger partial charge is 0.248 e. The topological polar surface area (TPSA) is 86.2 Å². The number of nitrogens with two attached hydrogens (primary N) is 2. The number of hydrogen-bond donors (Lipinski definition) is 2. The highest BCUT2D eigenvalue weighted by atomic mass is 32.2. The van der Waals surface area contributed by atoms with Crippen molar-refractivity contribution >= 4 is 22.4 Å². The van der Waals surface area contributed by atoms with Gasteiger partial charge in [0.05, 0.1) is 21.4 Å². The van der Waals surface area contributed by atoms with Crippen LogP contribution in [-0.4, -0.2) is 10.1 Å². The van der Waals surface area contributed by atoms with Crippen LogP contribution in [0.4, 0.5) is 10.1 Å². The van der Waals surface area contributed by atoms with Gasteiger partial charge in [0.2, 0.25) is 5.91 Å². The zero-order chi connectivity index (χ0) is 14.7. The number of carbonyl (C=O) groups excluding carboxylic acids is 1. The highest BCUT2D eigenvalue weighted by Crippen LogP contribution is 2.20. The van der Waals surface area contributed by atoms with Gasteiger partial charge in [-0.15, -0.1) is 0 Å². The molecule has 0 heterocycles. The minimum absolute atomic E-state index is 0.0683. The Morgan fingerprint density at radius 1 is 1.20 bits per heavy atom. The molecule has 0 spiro atoms. The van der Waals surface area contributed by atoms with E-state index in [1.54, 1.807) is 24.3 Å². The predicted octanol–water partition coefficient (Wildman–Crippen LogP) is 1.81. The summed E-state index contributed by atoms with van der Waals surface area (Å²) < 4.78 is 25.9. The number of hydrogen-bond acceptors (Lipinski definition) is 3. The van der Waals surface area contributed by atoms with E-state index >= 15 is 0 Å². The van der Waals surface area contributed by atoms with Gasteiger partial charge in [0.15, 0.2) is 0 Å². The van der Waals surface area contributed by atoms with Gasteiger partial charge in [0.1, 0.15) is 5.82 Å². The molecule has 0 aromatic heterocycles. The van der Waals surface area contributed by atoms with Gasteiger partial charge in [-0.1, -0.05) is 12.1 Å². The van der Waals surface area contributed by atoms with Crippen molar-refractivity contribution in [3.8, 4) is 0 Å². The van der Waals surface area contributed by atoms with Crippen LogP contribution < -0.4 is 11.5 Å². The summed E-state index contributed by atoms with van der Waals surface area (Å²) in [6, 6.07) is 10.4. The molecule has 0 fully saturated rings. The normalized spacial score (nSPS) is 12.1. The lowest BCUT2D eigenvalue weighted by Gasteiger charge is -2.07. The Morgan fingerprint density at radius 2 is 1.90 bits per heavy atom. The van der Waals surface area contributed by atoms with Crippen LogP contribution in [0.5, 0.6) is 0 Å². The Balaban J connectivity index is 2.30. The lowest BCUT2D eigenvalue weighted by Crippen LogP contribution is -2.12. The molecule has 0 radical (unpaired) electrons. The third-order valence-corrected chi connectivity index (χ3v) is 4.22. The molecule has 4 nitrogen and oxygen atoms in total. The quantitative estimate of drug-likeness (QED) is 0.843. The third-order valence-electron chi connectivity index (χ3n) is 2.78. The second-order valence-electron chi connectivity index (χ2n) is 4.20. The minimum Gasteiger partial charge on any atom is -0.398 e. The SMILES string of the molecule is NC(=O)c1ccc(F)c(CS(=O)c2ccccc2N)c1. The molecule has 0 saturated heterocycles. The van der Waals surface area contributed by atoms with E-state index in [9.17, 15) is 13.4 Å². The zero-order valence-electron chi connectivity index (χ0n) is 10.5. The molecule has 1 unspecified atom stereocenters. The van der Waals surface area contributed by atoms with Crippen LogP contribution >= 0.6 is 0 Å². The maximum Gasteiger partial charge on any atom is 0.248 e. The van der Waals surface area contributed by atoms with Crippen molar-refractivity contribution in [1.82, 2.24) is 0 Å². The standard InChI is InChI=1S/C14H13FN2O2S/c15-11-6-5-9(14(17)18)7-10(11)8-20(19)13-4-2-1-3-12(13)16/h1-7H,8,16H2,(H2,17,18). The number of amides is 1. The Bertz CT molecular complexity index is 689. The number of rotatable bonds is 4. The van der Waals surface area contributed by atoms with Gasteiger partial charge in [0, 0.05) is 16.8 Å². The molecule has 1 amide bonds. The van der Waals surface area contributed by atoms with Crippen LogP contribution in [0.2, 0.25) is 0 Å². The van der Waals surface area contributed by atoms with Gasteiger partial charge in [0.25, 0.3) is 0 Å². The average Bonchev–Trinajstić information content (AvgIpc) is 2.41. The van der Waals surface area contributed by atoms with Crippen LogP contribution in [0.25, 0.3) is 0 Å². The number of nitrogen functional groups attached to an aromatic ring is 1. The molecule has 2 aromatic carbocycles. The first-order valence-electron chi connectivity index (χ1n) is 5.80. The van der Waals surface area contributed by atoms with E-state index in [4.69, 9.17) is 11.5 Å². The van der Waals surface area contributed by atoms with Crippen molar-refractivity contribution in [3.05, 3.63) is 59.4 Å². The molecule has 2 aromatic rings. The largest absolute Gasteiger partial charge is 0.398 e. The van der Waals surface area contributed by atoms with Gasteiger partial charge < -0.3 is 11.5 Å². The molecule has 20 heavy (non-hydrogen) atoms. The van der Waals surface area contributed by atoms with Crippen LogP contribution in [-0.2, 0) is 16.6 Å². The van der Waals surface area contributed by atoms with E-state index < -0.39 is 22.5 Å². The highest BCUT2D eigenvalue weighted by Gasteiger charge is 2.13. The number of carbonyl (C=O) groups is 1. The summed E-state index contributed by atoms with van der Waals surface area (Å²) in [6.07, 6.45) is 0. The number of halogens is 1. The van der Waals surface area contributed by atoms with Crippen molar-refractivity contribution in [2.45, 2.75) is 10.6 Å². The third kappa shape index (κ3) is 3.03. The van der Waals surface area contributed by atoms with Crippen molar-refractivity contribution in [2.24, 2.45) is 5.73 Å². The molecule has 0 bridgehead atoms. The summed E-state index contributed by atoms with van der Waals surface area (Å²) in [5, 5.41) is 0. The fourth-order valence-corrected chi connectivity index (χ4v) is 2.97. The first-order valence-corrected chi connectivity index (χ1v) is 7.12. The van der Waals surface area contributed by atoms with Crippen LogP contribution in [0, 0.1) is 5.82 Å². The molecule has 0 saturated carbocycles. The Kier molecular flexibility index (Phi) is 4.14. The van der Waals surface area contributed by atoms with E-state index in [0.29, 0.717) is 10.6 Å². The van der Waals surface area contributed by atoms with E-state index in [2.05, 4.69) is 0 Å². The molecule has 104 valence electrons. The molecule has 0 aliphatic rings. The summed E-state index contributed by atoms with van der Waals surface area (Å²) in [6.45, 7) is 0. The zero-order valence-corrected chi connectivity index (χ0v) is 11.3. The molecular weight excluding hydrogens is 279 g/mol. The summed E-state index contributed by atoms with van der Waals surface area (Å²) in [7, 11) is -1.49. The first kappa shape index (κ1) is 14.2. The summed E-state index contributed by atoms with van der Waals surface area (Å²) in [5.74, 6) is -1.25. The van der Waals surface area contributed by atoms with Crippen molar-refractivity contribution < 1.29 is 13.4 Å². The molecule has 6 heteroatoms. The summed E-state index contributed by atoms with van der Waals surface area (Å²) in [4.78, 5) is 11.5. The molecule has 0 aliphatic heterocycles. The summed E-state index contributed by atoms with van der Waals surface area (Å²) >= 11 is 0. The molecule has 1 atom stereocenters. The van der Waals surface area contributed by atoms with Gasteiger partial charge in [-0.25, -0.2) is 4.39 Å².